The van der Waals surface area contributed by atoms with Gasteiger partial charge in [0, 0.05) is 18.8 Å². The zero-order valence-corrected chi connectivity index (χ0v) is 13.6. The van der Waals surface area contributed by atoms with Gasteiger partial charge in [0.15, 0.2) is 0 Å². The molecule has 0 saturated heterocycles. The molecule has 0 aliphatic heterocycles. The van der Waals surface area contributed by atoms with Gasteiger partial charge < -0.3 is 0 Å². The van der Waals surface area contributed by atoms with Gasteiger partial charge in [-0.15, -0.1) is 18.3 Å². The van der Waals surface area contributed by atoms with Crippen LogP contribution in [0.4, 0.5) is 0 Å². The minimum absolute atomic E-state index is 0.322. The molecule has 1 unspecified atom stereocenters. The SMILES string of the molecule is C#CCCCCCCC([CH2])C#CCCCCCCCC. The Morgan fingerprint density at radius 3 is 2.15 bits per heavy atom. The van der Waals surface area contributed by atoms with Crippen molar-refractivity contribution < 1.29 is 0 Å². The summed E-state index contributed by atoms with van der Waals surface area (Å²) in [6.45, 7) is 6.38. The minimum Gasteiger partial charge on any atom is -0.120 e. The highest BCUT2D eigenvalue weighted by Gasteiger charge is 1.97. The Bertz CT molecular complexity index is 283. The molecule has 0 fully saturated rings. The predicted octanol–water partition coefficient (Wildman–Crippen LogP) is 6.16. The summed E-state index contributed by atoms with van der Waals surface area (Å²) in [5.74, 6) is 9.60. The van der Waals surface area contributed by atoms with Crippen molar-refractivity contribution in [3.63, 3.8) is 0 Å². The topological polar surface area (TPSA) is 0 Å². The van der Waals surface area contributed by atoms with Crippen LogP contribution in [-0.4, -0.2) is 0 Å². The third-order valence-electron chi connectivity index (χ3n) is 3.59. The van der Waals surface area contributed by atoms with Gasteiger partial charge in [0.25, 0.3) is 0 Å². The lowest BCUT2D eigenvalue weighted by Crippen LogP contribution is -1.91. The molecule has 0 aliphatic rings. The Morgan fingerprint density at radius 1 is 0.850 bits per heavy atom. The highest BCUT2D eigenvalue weighted by Crippen LogP contribution is 2.11. The zero-order chi connectivity index (χ0) is 14.9. The van der Waals surface area contributed by atoms with Crippen LogP contribution < -0.4 is 0 Å². The van der Waals surface area contributed by atoms with E-state index in [1.54, 1.807) is 0 Å². The average Bonchev–Trinajstić information content (AvgIpc) is 2.45. The molecule has 0 rings (SSSR count). The van der Waals surface area contributed by atoms with E-state index in [-0.39, 0.29) is 0 Å². The molecule has 0 aromatic heterocycles. The Balaban J connectivity index is 3.32. The van der Waals surface area contributed by atoms with Crippen LogP contribution in [0.1, 0.15) is 90.4 Å². The van der Waals surface area contributed by atoms with Crippen LogP contribution in [-0.2, 0) is 0 Å². The van der Waals surface area contributed by atoms with Gasteiger partial charge in [-0.25, -0.2) is 0 Å². The summed E-state index contributed by atoms with van der Waals surface area (Å²) in [6, 6.07) is 0. The van der Waals surface area contributed by atoms with Crippen molar-refractivity contribution >= 4 is 0 Å². The van der Waals surface area contributed by atoms with Crippen molar-refractivity contribution in [1.82, 2.24) is 0 Å². The highest BCUT2D eigenvalue weighted by molar-refractivity contribution is 5.04. The van der Waals surface area contributed by atoms with Gasteiger partial charge in [0.05, 0.1) is 0 Å². The summed E-state index contributed by atoms with van der Waals surface area (Å²) >= 11 is 0. The first-order valence-corrected chi connectivity index (χ1v) is 8.56. The molecule has 1 atom stereocenters. The Kier molecular flexibility index (Phi) is 15.5. The summed E-state index contributed by atoms with van der Waals surface area (Å²) in [7, 11) is 0. The van der Waals surface area contributed by atoms with E-state index in [4.69, 9.17) is 6.42 Å². The molecule has 0 bridgehead atoms. The second-order valence-electron chi connectivity index (χ2n) is 5.69. The Labute approximate surface area is 128 Å². The molecule has 0 saturated carbocycles. The molecule has 20 heavy (non-hydrogen) atoms. The van der Waals surface area contributed by atoms with Crippen molar-refractivity contribution in [2.24, 2.45) is 5.92 Å². The average molecular weight is 273 g/mol. The van der Waals surface area contributed by atoms with E-state index in [2.05, 4.69) is 31.6 Å². The third kappa shape index (κ3) is 15.2. The van der Waals surface area contributed by atoms with Gasteiger partial charge in [-0.2, -0.15) is 0 Å². The van der Waals surface area contributed by atoms with E-state index in [1.165, 1.54) is 64.2 Å². The molecule has 0 heteroatoms. The molecule has 0 aromatic carbocycles. The lowest BCUT2D eigenvalue weighted by Gasteiger charge is -2.03. The lowest BCUT2D eigenvalue weighted by atomic mass is 10.0. The summed E-state index contributed by atoms with van der Waals surface area (Å²) in [5.41, 5.74) is 0. The second kappa shape index (κ2) is 16.2. The highest BCUT2D eigenvalue weighted by atomic mass is 14.0. The predicted molar refractivity (Wildman–Crippen MR) is 91.2 cm³/mol. The fourth-order valence-electron chi connectivity index (χ4n) is 2.25. The lowest BCUT2D eigenvalue weighted by molar-refractivity contribution is 0.588. The van der Waals surface area contributed by atoms with Gasteiger partial charge in [0.2, 0.25) is 0 Å². The van der Waals surface area contributed by atoms with Gasteiger partial charge in [-0.05, 0) is 26.2 Å². The first-order valence-electron chi connectivity index (χ1n) is 8.56. The van der Waals surface area contributed by atoms with Crippen LogP contribution in [0.3, 0.4) is 0 Å². The molecule has 0 heterocycles. The monoisotopic (exact) mass is 273 g/mol. The van der Waals surface area contributed by atoms with Crippen molar-refractivity contribution in [3.05, 3.63) is 6.92 Å². The number of hydrogen-bond acceptors (Lipinski definition) is 0. The smallest absolute Gasteiger partial charge is 0.0203 e. The zero-order valence-electron chi connectivity index (χ0n) is 13.6. The van der Waals surface area contributed by atoms with Crippen molar-refractivity contribution in [3.8, 4) is 24.2 Å². The van der Waals surface area contributed by atoms with Crippen LogP contribution >= 0.6 is 0 Å². The maximum Gasteiger partial charge on any atom is 0.0203 e. The van der Waals surface area contributed by atoms with Crippen molar-refractivity contribution in [2.45, 2.75) is 90.4 Å². The largest absolute Gasteiger partial charge is 0.120 e. The molecular weight excluding hydrogens is 240 g/mol. The molecule has 0 amide bonds. The van der Waals surface area contributed by atoms with E-state index in [9.17, 15) is 0 Å². The molecule has 113 valence electrons. The van der Waals surface area contributed by atoms with Gasteiger partial charge >= 0.3 is 0 Å². The van der Waals surface area contributed by atoms with E-state index in [0.29, 0.717) is 5.92 Å². The fourth-order valence-corrected chi connectivity index (χ4v) is 2.25. The first kappa shape index (κ1) is 19.1. The van der Waals surface area contributed by atoms with Gasteiger partial charge in [-0.1, -0.05) is 64.2 Å². The van der Waals surface area contributed by atoms with Crippen LogP contribution in [0, 0.1) is 37.0 Å². The van der Waals surface area contributed by atoms with Gasteiger partial charge in [0.1, 0.15) is 0 Å². The van der Waals surface area contributed by atoms with Gasteiger partial charge in [-0.3, -0.25) is 0 Å². The standard InChI is InChI=1S/C20H33/c1-4-6-8-10-12-13-15-17-19-20(3)18-16-14-11-9-7-5-2/h2,20H,3-4,6-16,18H2,1H3. The number of terminal acetylenes is 1. The molecule has 0 N–H and O–H groups in total. The van der Waals surface area contributed by atoms with Crippen LogP contribution in [0.2, 0.25) is 0 Å². The summed E-state index contributed by atoms with van der Waals surface area (Å²) in [5, 5.41) is 0. The molecular formula is C20H33. The van der Waals surface area contributed by atoms with E-state index < -0.39 is 0 Å². The number of unbranched alkanes of at least 4 members (excludes halogenated alkanes) is 10. The summed E-state index contributed by atoms with van der Waals surface area (Å²) < 4.78 is 0. The fraction of sp³-hybridized carbons (Fsp3) is 0.750. The van der Waals surface area contributed by atoms with E-state index >= 15 is 0 Å². The maximum absolute atomic E-state index is 5.23. The van der Waals surface area contributed by atoms with E-state index in [1.807, 2.05) is 0 Å². The van der Waals surface area contributed by atoms with Crippen LogP contribution in [0.15, 0.2) is 0 Å². The number of rotatable bonds is 12. The minimum atomic E-state index is 0.322. The van der Waals surface area contributed by atoms with Crippen LogP contribution in [0.25, 0.3) is 0 Å². The molecule has 0 nitrogen and oxygen atoms in total. The second-order valence-corrected chi connectivity index (χ2v) is 5.69. The summed E-state index contributed by atoms with van der Waals surface area (Å²) in [6.07, 6.45) is 21.3. The summed E-state index contributed by atoms with van der Waals surface area (Å²) in [4.78, 5) is 0. The maximum atomic E-state index is 5.23. The Morgan fingerprint density at radius 2 is 1.45 bits per heavy atom. The normalized spacial score (nSPS) is 11.4. The number of hydrogen-bond donors (Lipinski definition) is 0. The van der Waals surface area contributed by atoms with E-state index in [0.717, 1.165) is 19.3 Å². The molecule has 0 aliphatic carbocycles. The molecule has 0 aromatic rings. The quantitative estimate of drug-likeness (QED) is 0.295. The van der Waals surface area contributed by atoms with Crippen molar-refractivity contribution in [1.29, 1.82) is 0 Å². The molecule has 1 radical (unpaired) electrons. The van der Waals surface area contributed by atoms with Crippen molar-refractivity contribution in [2.75, 3.05) is 0 Å². The van der Waals surface area contributed by atoms with Crippen LogP contribution in [0.5, 0.6) is 0 Å². The molecule has 0 spiro atoms. The Hall–Kier alpha value is -0.880. The third-order valence-corrected chi connectivity index (χ3v) is 3.59. The first-order chi connectivity index (χ1) is 9.81.